The van der Waals surface area contributed by atoms with Crippen molar-refractivity contribution in [2.24, 2.45) is 0 Å². The first-order valence-electron chi connectivity index (χ1n) is 16.0. The van der Waals surface area contributed by atoms with Crippen molar-refractivity contribution < 1.29 is 22.8 Å². The molecule has 1 unspecified atom stereocenters. The van der Waals surface area contributed by atoms with E-state index in [1.165, 1.54) is 37.4 Å². The number of hydrogen-bond acceptors (Lipinski definition) is 7. The van der Waals surface area contributed by atoms with Gasteiger partial charge in [0.25, 0.3) is 11.8 Å². The molecule has 0 aliphatic carbocycles. The minimum absolute atomic E-state index is 0.0141. The molecule has 0 radical (unpaired) electrons. The number of carbonyl (C=O) groups is 3. The maximum Gasteiger partial charge on any atom is 0.251 e. The number of aryl methyl sites for hydroxylation is 1. The van der Waals surface area contributed by atoms with Gasteiger partial charge in [0.2, 0.25) is 5.91 Å². The van der Waals surface area contributed by atoms with Gasteiger partial charge in [-0.3, -0.25) is 19.4 Å². The number of fused-ring (bicyclic) bond motifs is 1. The van der Waals surface area contributed by atoms with Crippen molar-refractivity contribution >= 4 is 44.3 Å². The van der Waals surface area contributed by atoms with E-state index in [0.717, 1.165) is 16.6 Å². The Kier molecular flexibility index (Phi) is 10.3. The molecule has 0 aliphatic rings. The van der Waals surface area contributed by atoms with Crippen LogP contribution in [0.1, 0.15) is 73.8 Å². The first-order valence-corrected chi connectivity index (χ1v) is 17.7. The number of nitrogens with one attached hydrogen (secondary N) is 3. The van der Waals surface area contributed by atoms with E-state index in [1.807, 2.05) is 26.8 Å². The largest absolute Gasteiger partial charge is 0.350 e. The second-order valence-electron chi connectivity index (χ2n) is 12.3. The quantitative estimate of drug-likeness (QED) is 0.160. The van der Waals surface area contributed by atoms with Crippen molar-refractivity contribution in [2.45, 2.75) is 64.6 Å². The zero-order valence-electron chi connectivity index (χ0n) is 28.3. The SMILES string of the molecule is CCS(=O)(=O)c1ccc(C(NC(C)=O)C(=O)Nc2ccc(-c3nc4cc(C(=O)NC(C)C)ccc4n3[C@H](C)c3ccc(C)cc3)nc2)cc1. The predicted octanol–water partition coefficient (Wildman–Crippen LogP) is 5.76. The van der Waals surface area contributed by atoms with Crippen LogP contribution in [-0.4, -0.2) is 52.5 Å². The van der Waals surface area contributed by atoms with Crippen LogP contribution < -0.4 is 16.0 Å². The van der Waals surface area contributed by atoms with E-state index in [9.17, 15) is 22.8 Å². The highest BCUT2D eigenvalue weighted by molar-refractivity contribution is 7.91. The fourth-order valence-corrected chi connectivity index (χ4v) is 6.39. The molecule has 2 heterocycles. The van der Waals surface area contributed by atoms with E-state index in [0.29, 0.717) is 33.8 Å². The Labute approximate surface area is 286 Å². The number of benzene rings is 3. The van der Waals surface area contributed by atoms with Gasteiger partial charge in [-0.1, -0.05) is 48.9 Å². The summed E-state index contributed by atoms with van der Waals surface area (Å²) in [5.41, 5.74) is 5.55. The Bertz CT molecular complexity index is 2110. The zero-order chi connectivity index (χ0) is 35.5. The Hall–Kier alpha value is -5.36. The number of anilines is 1. The minimum Gasteiger partial charge on any atom is -0.350 e. The number of amides is 3. The lowest BCUT2D eigenvalue weighted by atomic mass is 10.1. The van der Waals surface area contributed by atoms with Gasteiger partial charge < -0.3 is 20.5 Å². The molecule has 0 fully saturated rings. The van der Waals surface area contributed by atoms with E-state index < -0.39 is 27.7 Å². The van der Waals surface area contributed by atoms with Crippen molar-refractivity contribution in [2.75, 3.05) is 11.1 Å². The van der Waals surface area contributed by atoms with Crippen LogP contribution in [0, 0.1) is 6.92 Å². The molecule has 5 rings (SSSR count). The summed E-state index contributed by atoms with van der Waals surface area (Å²) in [5.74, 6) is -0.603. The molecule has 5 aromatic rings. The third-order valence-corrected chi connectivity index (χ3v) is 9.89. The molecule has 0 saturated carbocycles. The smallest absolute Gasteiger partial charge is 0.251 e. The molecule has 0 aliphatic heterocycles. The van der Waals surface area contributed by atoms with Gasteiger partial charge >= 0.3 is 0 Å². The molecule has 3 N–H and O–H groups in total. The Morgan fingerprint density at radius 3 is 2.12 bits per heavy atom. The van der Waals surface area contributed by atoms with Gasteiger partial charge in [0, 0.05) is 18.5 Å². The molecule has 11 nitrogen and oxygen atoms in total. The van der Waals surface area contributed by atoms with Gasteiger partial charge in [-0.2, -0.15) is 0 Å². The zero-order valence-corrected chi connectivity index (χ0v) is 29.1. The summed E-state index contributed by atoms with van der Waals surface area (Å²) < 4.78 is 26.6. The molecule has 0 spiro atoms. The fraction of sp³-hybridized carbons (Fsp3) is 0.270. The number of imidazole rings is 1. The van der Waals surface area contributed by atoms with E-state index in [-0.39, 0.29) is 28.6 Å². The van der Waals surface area contributed by atoms with Crippen LogP contribution >= 0.6 is 0 Å². The lowest BCUT2D eigenvalue weighted by Crippen LogP contribution is -2.35. The maximum absolute atomic E-state index is 13.4. The van der Waals surface area contributed by atoms with E-state index >= 15 is 0 Å². The van der Waals surface area contributed by atoms with Crippen LogP contribution in [0.15, 0.2) is 90.0 Å². The highest BCUT2D eigenvalue weighted by Gasteiger charge is 2.24. The summed E-state index contributed by atoms with van der Waals surface area (Å²) in [7, 11) is -3.43. The standard InChI is InChI=1S/C37H40N6O5S/c1-7-49(47,48)30-16-12-27(13-17-30)34(40-25(6)44)37(46)41-29-15-18-31(38-21-29)35-42-32-20-28(36(45)39-22(2)3)14-19-33(32)43(35)24(5)26-10-8-23(4)9-11-26/h8-22,24,34H,7H2,1-6H3,(H,39,45)(H,40,44)(H,41,46)/t24-,34?/m1/s1. The Balaban J connectivity index is 1.47. The molecule has 3 aromatic carbocycles. The molecule has 0 bridgehead atoms. The maximum atomic E-state index is 13.4. The number of hydrogen-bond donors (Lipinski definition) is 3. The number of rotatable bonds is 11. The average molecular weight is 681 g/mol. The lowest BCUT2D eigenvalue weighted by Gasteiger charge is -2.19. The highest BCUT2D eigenvalue weighted by Crippen LogP contribution is 2.32. The topological polar surface area (TPSA) is 152 Å². The van der Waals surface area contributed by atoms with E-state index in [1.54, 1.807) is 31.2 Å². The minimum atomic E-state index is -3.43. The summed E-state index contributed by atoms with van der Waals surface area (Å²) in [6.07, 6.45) is 1.51. The van der Waals surface area contributed by atoms with Crippen molar-refractivity contribution in [1.29, 1.82) is 0 Å². The number of pyridine rings is 1. The van der Waals surface area contributed by atoms with Gasteiger partial charge in [-0.15, -0.1) is 0 Å². The third kappa shape index (κ3) is 7.86. The van der Waals surface area contributed by atoms with E-state index in [2.05, 4.69) is 56.7 Å². The van der Waals surface area contributed by atoms with E-state index in [4.69, 9.17) is 4.98 Å². The first kappa shape index (κ1) is 35.0. The molecular formula is C37H40N6O5S. The van der Waals surface area contributed by atoms with Gasteiger partial charge in [-0.25, -0.2) is 13.4 Å². The van der Waals surface area contributed by atoms with Crippen LogP contribution in [0.5, 0.6) is 0 Å². The monoisotopic (exact) mass is 680 g/mol. The van der Waals surface area contributed by atoms with Gasteiger partial charge in [0.15, 0.2) is 15.7 Å². The van der Waals surface area contributed by atoms with Crippen molar-refractivity contribution in [1.82, 2.24) is 25.2 Å². The summed E-state index contributed by atoms with van der Waals surface area (Å²) in [4.78, 5) is 48.0. The van der Waals surface area contributed by atoms with Crippen LogP contribution in [0.2, 0.25) is 0 Å². The molecule has 3 amide bonds. The molecule has 0 saturated heterocycles. The Morgan fingerprint density at radius 2 is 1.53 bits per heavy atom. The first-order chi connectivity index (χ1) is 23.3. The molecule has 254 valence electrons. The van der Waals surface area contributed by atoms with Gasteiger partial charge in [0.05, 0.1) is 39.6 Å². The second kappa shape index (κ2) is 14.4. The summed E-state index contributed by atoms with van der Waals surface area (Å²) in [6.45, 7) is 10.8. The Morgan fingerprint density at radius 1 is 0.857 bits per heavy atom. The second-order valence-corrected chi connectivity index (χ2v) is 14.5. The van der Waals surface area contributed by atoms with Crippen molar-refractivity contribution in [3.63, 3.8) is 0 Å². The predicted molar refractivity (Wildman–Crippen MR) is 190 cm³/mol. The number of carbonyl (C=O) groups excluding carboxylic acids is 3. The van der Waals surface area contributed by atoms with Crippen LogP contribution in [-0.2, 0) is 19.4 Å². The third-order valence-electron chi connectivity index (χ3n) is 8.14. The summed E-state index contributed by atoms with van der Waals surface area (Å²) in [5, 5.41) is 8.37. The van der Waals surface area contributed by atoms with Crippen LogP contribution in [0.3, 0.4) is 0 Å². The van der Waals surface area contributed by atoms with Crippen LogP contribution in [0.4, 0.5) is 5.69 Å². The normalized spacial score (nSPS) is 12.8. The number of nitrogens with zero attached hydrogens (tertiary/aromatic N) is 3. The molecular weight excluding hydrogens is 641 g/mol. The van der Waals surface area contributed by atoms with Gasteiger partial charge in [0.1, 0.15) is 11.7 Å². The van der Waals surface area contributed by atoms with Crippen molar-refractivity contribution in [3.8, 4) is 11.5 Å². The van der Waals surface area contributed by atoms with Crippen LogP contribution in [0.25, 0.3) is 22.6 Å². The summed E-state index contributed by atoms with van der Waals surface area (Å²) in [6, 6.07) is 21.8. The lowest BCUT2D eigenvalue weighted by molar-refractivity contribution is -0.125. The molecule has 49 heavy (non-hydrogen) atoms. The summed E-state index contributed by atoms with van der Waals surface area (Å²) >= 11 is 0. The highest BCUT2D eigenvalue weighted by atomic mass is 32.2. The molecule has 12 heteroatoms. The number of aromatic nitrogens is 3. The van der Waals surface area contributed by atoms with Crippen molar-refractivity contribution in [3.05, 3.63) is 107 Å². The van der Waals surface area contributed by atoms with Gasteiger partial charge in [-0.05, 0) is 81.3 Å². The number of sulfone groups is 1. The average Bonchev–Trinajstić information content (AvgIpc) is 3.46. The fourth-order valence-electron chi connectivity index (χ4n) is 5.50. The molecule has 2 aromatic heterocycles. The molecule has 2 atom stereocenters.